The van der Waals surface area contributed by atoms with Crippen LogP contribution in [0.5, 0.6) is 0 Å². The minimum Gasteiger partial charge on any atom is -0.388 e. The molecule has 0 spiro atoms. The van der Waals surface area contributed by atoms with Gasteiger partial charge in [0, 0.05) is 25.3 Å². The molecule has 1 aromatic rings. The predicted molar refractivity (Wildman–Crippen MR) is 52.0 cm³/mol. The summed E-state index contributed by atoms with van der Waals surface area (Å²) in [5.74, 6) is 0. The van der Waals surface area contributed by atoms with Crippen LogP contribution in [0.25, 0.3) is 0 Å². The van der Waals surface area contributed by atoms with E-state index in [9.17, 15) is 0 Å². The van der Waals surface area contributed by atoms with Gasteiger partial charge in [0.05, 0.1) is 0 Å². The Balaban J connectivity index is 2.77. The highest BCUT2D eigenvalue weighted by atomic mass is 14.8. The van der Waals surface area contributed by atoms with Gasteiger partial charge in [-0.25, -0.2) is 0 Å². The molecule has 12 heavy (non-hydrogen) atoms. The van der Waals surface area contributed by atoms with Gasteiger partial charge in [0.25, 0.3) is 0 Å². The number of nitrogens with two attached hydrogens (primary N) is 2. The molecular formula is C9H15N3. The summed E-state index contributed by atoms with van der Waals surface area (Å²) < 4.78 is 0. The zero-order chi connectivity index (χ0) is 8.97. The fourth-order valence-corrected chi connectivity index (χ4v) is 1.03. The number of benzene rings is 1. The van der Waals surface area contributed by atoms with E-state index in [1.54, 1.807) is 0 Å². The Labute approximate surface area is 72.8 Å². The van der Waals surface area contributed by atoms with Gasteiger partial charge in [0.2, 0.25) is 0 Å². The van der Waals surface area contributed by atoms with Crippen LogP contribution in [0.2, 0.25) is 0 Å². The van der Waals surface area contributed by atoms with E-state index >= 15 is 0 Å². The summed E-state index contributed by atoms with van der Waals surface area (Å²) in [6.45, 7) is 0.485. The van der Waals surface area contributed by atoms with E-state index in [4.69, 9.17) is 11.5 Å². The molecule has 0 amide bonds. The van der Waals surface area contributed by atoms with Gasteiger partial charge in [0.1, 0.15) is 0 Å². The summed E-state index contributed by atoms with van der Waals surface area (Å²) in [6.07, 6.45) is 0. The third-order valence-electron chi connectivity index (χ3n) is 1.88. The van der Waals surface area contributed by atoms with Crippen molar-refractivity contribution in [1.29, 1.82) is 0 Å². The molecule has 3 heteroatoms. The first kappa shape index (κ1) is 9.03. The van der Waals surface area contributed by atoms with Crippen LogP contribution in [0, 0.1) is 0 Å². The molecule has 0 heterocycles. The number of nitrogens with one attached hydrogen (secondary N) is 1. The second-order valence-corrected chi connectivity index (χ2v) is 2.71. The van der Waals surface area contributed by atoms with Gasteiger partial charge in [-0.3, -0.25) is 0 Å². The van der Waals surface area contributed by atoms with Gasteiger partial charge in [-0.15, -0.1) is 0 Å². The van der Waals surface area contributed by atoms with Gasteiger partial charge in [-0.2, -0.15) is 0 Å². The Morgan fingerprint density at radius 3 is 2.33 bits per heavy atom. The summed E-state index contributed by atoms with van der Waals surface area (Å²) >= 11 is 0. The Morgan fingerprint density at radius 1 is 1.33 bits per heavy atom. The average molecular weight is 165 g/mol. The molecule has 0 bridgehead atoms. The zero-order valence-electron chi connectivity index (χ0n) is 7.25. The molecule has 0 aliphatic rings. The number of anilines is 1. The van der Waals surface area contributed by atoms with Crippen molar-refractivity contribution >= 4 is 5.69 Å². The Hall–Kier alpha value is -1.06. The third kappa shape index (κ3) is 1.96. The normalized spacial score (nSPS) is 12.6. The predicted octanol–water partition coefficient (Wildman–Crippen LogP) is 0.687. The fraction of sp³-hybridized carbons (Fsp3) is 0.333. The van der Waals surface area contributed by atoms with Crippen LogP contribution in [0.15, 0.2) is 24.3 Å². The first-order chi connectivity index (χ1) is 5.77. The first-order valence-electron chi connectivity index (χ1n) is 4.01. The molecule has 0 radical (unpaired) electrons. The molecule has 3 nitrogen and oxygen atoms in total. The van der Waals surface area contributed by atoms with E-state index in [1.807, 2.05) is 31.3 Å². The lowest BCUT2D eigenvalue weighted by Crippen LogP contribution is -2.20. The highest BCUT2D eigenvalue weighted by Crippen LogP contribution is 2.12. The average Bonchev–Trinajstić information content (AvgIpc) is 2.17. The Morgan fingerprint density at radius 2 is 1.92 bits per heavy atom. The highest BCUT2D eigenvalue weighted by Gasteiger charge is 2.01. The monoisotopic (exact) mass is 165 g/mol. The first-order valence-corrected chi connectivity index (χ1v) is 4.01. The van der Waals surface area contributed by atoms with Gasteiger partial charge < -0.3 is 16.8 Å². The van der Waals surface area contributed by atoms with Crippen molar-refractivity contribution in [3.63, 3.8) is 0 Å². The topological polar surface area (TPSA) is 64.1 Å². The van der Waals surface area contributed by atoms with E-state index in [1.165, 1.54) is 0 Å². The van der Waals surface area contributed by atoms with Gasteiger partial charge in [-0.05, 0) is 17.7 Å². The SMILES string of the molecule is CNc1ccc(C(N)CN)cc1. The molecular weight excluding hydrogens is 150 g/mol. The standard InChI is InChI=1S/C9H15N3/c1-12-8-4-2-7(3-5-8)9(11)6-10/h2-5,9,12H,6,10-11H2,1H3. The van der Waals surface area contributed by atoms with E-state index in [0.29, 0.717) is 6.54 Å². The van der Waals surface area contributed by atoms with Crippen LogP contribution in [-0.2, 0) is 0 Å². The third-order valence-corrected chi connectivity index (χ3v) is 1.88. The van der Waals surface area contributed by atoms with E-state index < -0.39 is 0 Å². The molecule has 0 aliphatic carbocycles. The maximum atomic E-state index is 5.74. The van der Waals surface area contributed by atoms with Gasteiger partial charge in [0.15, 0.2) is 0 Å². The molecule has 0 fully saturated rings. The molecule has 0 saturated carbocycles. The lowest BCUT2D eigenvalue weighted by atomic mass is 10.1. The van der Waals surface area contributed by atoms with Crippen molar-refractivity contribution in [3.8, 4) is 0 Å². The Bertz CT molecular complexity index is 230. The summed E-state index contributed by atoms with van der Waals surface area (Å²) in [6, 6.07) is 7.92. The van der Waals surface area contributed by atoms with Crippen molar-refractivity contribution in [3.05, 3.63) is 29.8 Å². The molecule has 1 unspecified atom stereocenters. The number of rotatable bonds is 3. The minimum absolute atomic E-state index is 0.0455. The van der Waals surface area contributed by atoms with Crippen molar-refractivity contribution in [2.24, 2.45) is 11.5 Å². The molecule has 1 aromatic carbocycles. The number of hydrogen-bond acceptors (Lipinski definition) is 3. The van der Waals surface area contributed by atoms with Crippen LogP contribution in [0.3, 0.4) is 0 Å². The smallest absolute Gasteiger partial charge is 0.0419 e. The maximum absolute atomic E-state index is 5.74. The lowest BCUT2D eigenvalue weighted by Gasteiger charge is -2.09. The molecule has 1 rings (SSSR count). The molecule has 0 aromatic heterocycles. The number of hydrogen-bond donors (Lipinski definition) is 3. The van der Waals surface area contributed by atoms with Crippen molar-refractivity contribution in [2.75, 3.05) is 18.9 Å². The maximum Gasteiger partial charge on any atom is 0.0419 e. The van der Waals surface area contributed by atoms with Crippen LogP contribution in [-0.4, -0.2) is 13.6 Å². The largest absolute Gasteiger partial charge is 0.388 e. The summed E-state index contributed by atoms with van der Waals surface area (Å²) in [5, 5.41) is 3.04. The summed E-state index contributed by atoms with van der Waals surface area (Å²) in [4.78, 5) is 0. The highest BCUT2D eigenvalue weighted by molar-refractivity contribution is 5.44. The van der Waals surface area contributed by atoms with E-state index in [0.717, 1.165) is 11.3 Å². The van der Waals surface area contributed by atoms with Crippen LogP contribution >= 0.6 is 0 Å². The van der Waals surface area contributed by atoms with Crippen LogP contribution < -0.4 is 16.8 Å². The summed E-state index contributed by atoms with van der Waals surface area (Å²) in [7, 11) is 1.89. The minimum atomic E-state index is -0.0455. The van der Waals surface area contributed by atoms with Crippen molar-refractivity contribution < 1.29 is 0 Å². The van der Waals surface area contributed by atoms with Crippen LogP contribution in [0.1, 0.15) is 11.6 Å². The van der Waals surface area contributed by atoms with Gasteiger partial charge in [-0.1, -0.05) is 12.1 Å². The fourth-order valence-electron chi connectivity index (χ4n) is 1.03. The van der Waals surface area contributed by atoms with Crippen molar-refractivity contribution in [1.82, 2.24) is 0 Å². The van der Waals surface area contributed by atoms with E-state index in [-0.39, 0.29) is 6.04 Å². The molecule has 0 saturated heterocycles. The van der Waals surface area contributed by atoms with Crippen molar-refractivity contribution in [2.45, 2.75) is 6.04 Å². The van der Waals surface area contributed by atoms with Crippen LogP contribution in [0.4, 0.5) is 5.69 Å². The lowest BCUT2D eigenvalue weighted by molar-refractivity contribution is 0.737. The Kier molecular flexibility index (Phi) is 3.08. The second-order valence-electron chi connectivity index (χ2n) is 2.71. The van der Waals surface area contributed by atoms with E-state index in [2.05, 4.69) is 5.32 Å². The summed E-state index contributed by atoms with van der Waals surface area (Å²) in [5.41, 5.74) is 13.3. The van der Waals surface area contributed by atoms with Gasteiger partial charge >= 0.3 is 0 Å². The zero-order valence-corrected chi connectivity index (χ0v) is 7.25. The molecule has 66 valence electrons. The molecule has 0 aliphatic heterocycles. The molecule has 5 N–H and O–H groups in total. The quantitative estimate of drug-likeness (QED) is 0.617. The molecule has 1 atom stereocenters. The second kappa shape index (κ2) is 4.09.